The van der Waals surface area contributed by atoms with Gasteiger partial charge in [0, 0.05) is 20.9 Å². The summed E-state index contributed by atoms with van der Waals surface area (Å²) in [5.74, 6) is 3.25. The molecule has 0 bridgehead atoms. The van der Waals surface area contributed by atoms with E-state index in [1.807, 2.05) is 0 Å². The summed E-state index contributed by atoms with van der Waals surface area (Å²) in [4.78, 5) is 6.58. The van der Waals surface area contributed by atoms with Gasteiger partial charge in [-0.25, -0.2) is 0 Å². The van der Waals surface area contributed by atoms with Gasteiger partial charge in [0.15, 0.2) is 23.0 Å². The first-order valence-electron chi connectivity index (χ1n) is 11.6. The van der Waals surface area contributed by atoms with E-state index in [4.69, 9.17) is 27.7 Å². The van der Waals surface area contributed by atoms with Crippen LogP contribution in [0.3, 0.4) is 0 Å². The van der Waals surface area contributed by atoms with Crippen LogP contribution in [0, 0.1) is 0 Å². The van der Waals surface area contributed by atoms with Crippen molar-refractivity contribution in [3.05, 3.63) is 47.2 Å². The molecule has 8 rings (SSSR count). The van der Waals surface area contributed by atoms with Gasteiger partial charge in [-0.2, -0.15) is 8.75 Å². The third kappa shape index (κ3) is 3.45. The zero-order chi connectivity index (χ0) is 24.3. The van der Waals surface area contributed by atoms with Gasteiger partial charge in [0.1, 0.15) is 37.5 Å². The molecular weight excluding hydrogens is 565 g/mol. The highest BCUT2D eigenvalue weighted by atomic mass is 32.1. The summed E-state index contributed by atoms with van der Waals surface area (Å²) in [6.07, 6.45) is 0. The average molecular weight is 581 g/mol. The Kier molecular flexibility index (Phi) is 5.25. The largest absolute Gasteiger partial charge is 0.485 e. The number of hydrogen-bond acceptors (Lipinski definition) is 11. The van der Waals surface area contributed by atoms with E-state index in [1.54, 1.807) is 45.3 Å². The first-order valence-corrected chi connectivity index (χ1v) is 15.7. The van der Waals surface area contributed by atoms with E-state index in [0.29, 0.717) is 26.4 Å². The van der Waals surface area contributed by atoms with Crippen molar-refractivity contribution in [1.82, 2.24) is 8.75 Å². The SMILES string of the molecule is c1csc(-c2sc(-c3ccc(-c4sc(-c5cccs5)c5c4OCCO5)c4nsnc34)c3c2OCCO3)c1. The minimum Gasteiger partial charge on any atom is -0.485 e. The number of ether oxygens (including phenoxy) is 4. The van der Waals surface area contributed by atoms with Crippen molar-refractivity contribution in [2.24, 2.45) is 0 Å². The Morgan fingerprint density at radius 2 is 0.973 bits per heavy atom. The normalized spacial score (nSPS) is 14.4. The fourth-order valence-electron chi connectivity index (χ4n) is 4.63. The Bertz CT molecular complexity index is 1620. The van der Waals surface area contributed by atoms with Crippen LogP contribution >= 0.6 is 57.1 Å². The topological polar surface area (TPSA) is 62.7 Å². The second-order valence-corrected chi connectivity index (χ2v) is 12.8. The zero-order valence-electron chi connectivity index (χ0n) is 19.0. The van der Waals surface area contributed by atoms with Gasteiger partial charge in [-0.1, -0.05) is 24.3 Å². The van der Waals surface area contributed by atoms with Gasteiger partial charge >= 0.3 is 0 Å². The van der Waals surface area contributed by atoms with Gasteiger partial charge in [0.25, 0.3) is 0 Å². The van der Waals surface area contributed by atoms with Crippen LogP contribution in [-0.2, 0) is 0 Å². The van der Waals surface area contributed by atoms with Crippen LogP contribution in [-0.4, -0.2) is 35.2 Å². The number of nitrogens with zero attached hydrogens (tertiary/aromatic N) is 2. The fourth-order valence-corrected chi connectivity index (χ4v) is 9.33. The molecule has 6 aromatic rings. The molecule has 0 N–H and O–H groups in total. The van der Waals surface area contributed by atoms with Crippen molar-refractivity contribution in [1.29, 1.82) is 0 Å². The molecule has 0 saturated carbocycles. The first-order chi connectivity index (χ1) is 18.4. The monoisotopic (exact) mass is 580 g/mol. The summed E-state index contributed by atoms with van der Waals surface area (Å²) in [5.41, 5.74) is 3.72. The highest BCUT2D eigenvalue weighted by Gasteiger charge is 2.31. The van der Waals surface area contributed by atoms with Crippen LogP contribution in [0.4, 0.5) is 0 Å². The maximum atomic E-state index is 6.16. The molecule has 11 heteroatoms. The molecule has 0 saturated heterocycles. The van der Waals surface area contributed by atoms with Gasteiger partial charge in [-0.15, -0.1) is 45.3 Å². The van der Waals surface area contributed by atoms with Crippen LogP contribution in [0.25, 0.3) is 51.4 Å². The van der Waals surface area contributed by atoms with Crippen LogP contribution in [0.1, 0.15) is 0 Å². The van der Waals surface area contributed by atoms with Gasteiger partial charge in [0.05, 0.1) is 31.2 Å². The Labute approximate surface area is 231 Å². The summed E-state index contributed by atoms with van der Waals surface area (Å²) in [5, 5.41) is 4.17. The Balaban J connectivity index is 1.32. The molecule has 1 aromatic carbocycles. The molecule has 5 aromatic heterocycles. The minimum absolute atomic E-state index is 0.529. The maximum absolute atomic E-state index is 6.16. The van der Waals surface area contributed by atoms with Crippen LogP contribution in [0.5, 0.6) is 23.0 Å². The van der Waals surface area contributed by atoms with Crippen molar-refractivity contribution in [3.8, 4) is 63.4 Å². The number of hydrogen-bond donors (Lipinski definition) is 0. The predicted molar refractivity (Wildman–Crippen MR) is 153 cm³/mol. The zero-order valence-corrected chi connectivity index (χ0v) is 23.1. The number of thiophene rings is 4. The average Bonchev–Trinajstić information content (AvgIpc) is 3.77. The van der Waals surface area contributed by atoms with Crippen molar-refractivity contribution in [2.75, 3.05) is 26.4 Å². The molecule has 0 spiro atoms. The molecule has 184 valence electrons. The van der Waals surface area contributed by atoms with Gasteiger partial charge in [0.2, 0.25) is 0 Å². The second kappa shape index (κ2) is 8.81. The molecule has 0 radical (unpaired) electrons. The Morgan fingerprint density at radius 3 is 1.38 bits per heavy atom. The third-order valence-corrected chi connectivity index (χ3v) is 11.2. The standard InChI is InChI=1S/C26H16N2O4S5/c1-3-15(33-11-1)25-21-19(29-7-9-31-21)23(35-25)13-5-6-14(18-17(13)27-37-28-18)24-20-22(32-10-8-30-20)26(36-24)16-4-2-12-34-16/h1-6,11-12H,7-10H2. The van der Waals surface area contributed by atoms with Crippen molar-refractivity contribution in [3.63, 3.8) is 0 Å². The number of benzene rings is 1. The summed E-state index contributed by atoms with van der Waals surface area (Å²) >= 11 is 8.00. The van der Waals surface area contributed by atoms with Crippen LogP contribution in [0.15, 0.2) is 47.2 Å². The molecule has 0 atom stereocenters. The Hall–Kier alpha value is -2.96. The summed E-state index contributed by atoms with van der Waals surface area (Å²) in [7, 11) is 0. The van der Waals surface area contributed by atoms with Crippen LogP contribution < -0.4 is 18.9 Å². The van der Waals surface area contributed by atoms with Crippen molar-refractivity contribution < 1.29 is 18.9 Å². The van der Waals surface area contributed by atoms with E-state index in [-0.39, 0.29) is 0 Å². The lowest BCUT2D eigenvalue weighted by Crippen LogP contribution is -2.15. The lowest BCUT2D eigenvalue weighted by atomic mass is 10.0. The summed E-state index contributed by atoms with van der Waals surface area (Å²) < 4.78 is 34.0. The number of rotatable bonds is 4. The Morgan fingerprint density at radius 1 is 0.541 bits per heavy atom. The minimum atomic E-state index is 0.529. The van der Waals surface area contributed by atoms with E-state index in [1.165, 1.54) is 21.5 Å². The smallest absolute Gasteiger partial charge is 0.181 e. The predicted octanol–water partition coefficient (Wildman–Crippen LogP) is 8.15. The number of fused-ring (bicyclic) bond motifs is 3. The van der Waals surface area contributed by atoms with E-state index >= 15 is 0 Å². The molecule has 2 aliphatic heterocycles. The highest BCUT2D eigenvalue weighted by Crippen LogP contribution is 2.58. The number of aromatic nitrogens is 2. The fraction of sp³-hybridized carbons (Fsp3) is 0.154. The van der Waals surface area contributed by atoms with Crippen molar-refractivity contribution >= 4 is 68.1 Å². The molecule has 0 amide bonds. The molecule has 0 unspecified atom stereocenters. The van der Waals surface area contributed by atoms with E-state index < -0.39 is 0 Å². The van der Waals surface area contributed by atoms with Crippen LogP contribution in [0.2, 0.25) is 0 Å². The lowest BCUT2D eigenvalue weighted by Gasteiger charge is -2.18. The highest BCUT2D eigenvalue weighted by molar-refractivity contribution is 7.24. The van der Waals surface area contributed by atoms with E-state index in [0.717, 1.165) is 64.7 Å². The molecular formula is C26H16N2O4S5. The second-order valence-electron chi connectivity index (χ2n) is 8.31. The third-order valence-electron chi connectivity index (χ3n) is 6.19. The molecule has 0 aliphatic carbocycles. The van der Waals surface area contributed by atoms with E-state index in [9.17, 15) is 0 Å². The van der Waals surface area contributed by atoms with Gasteiger partial charge in [-0.05, 0) is 22.9 Å². The lowest BCUT2D eigenvalue weighted by molar-refractivity contribution is 0.175. The maximum Gasteiger partial charge on any atom is 0.181 e. The summed E-state index contributed by atoms with van der Waals surface area (Å²) in [6.45, 7) is 2.15. The molecule has 2 aliphatic rings. The molecule has 6 nitrogen and oxygen atoms in total. The first kappa shape index (κ1) is 22.1. The van der Waals surface area contributed by atoms with Crippen molar-refractivity contribution in [2.45, 2.75) is 0 Å². The van der Waals surface area contributed by atoms with Gasteiger partial charge in [-0.3, -0.25) is 0 Å². The summed E-state index contributed by atoms with van der Waals surface area (Å²) in [6, 6.07) is 12.6. The van der Waals surface area contributed by atoms with E-state index in [2.05, 4.69) is 47.2 Å². The quantitative estimate of drug-likeness (QED) is 0.210. The molecule has 7 heterocycles. The molecule has 0 fully saturated rings. The van der Waals surface area contributed by atoms with Gasteiger partial charge < -0.3 is 18.9 Å². The molecule has 37 heavy (non-hydrogen) atoms.